The van der Waals surface area contributed by atoms with Gasteiger partial charge in [-0.25, -0.2) is 0 Å². The van der Waals surface area contributed by atoms with E-state index in [1.54, 1.807) is 16.7 Å². The van der Waals surface area contributed by atoms with E-state index in [4.69, 9.17) is 0 Å². The second-order valence-electron chi connectivity index (χ2n) is 6.19. The van der Waals surface area contributed by atoms with Crippen LogP contribution in [-0.4, -0.2) is 42.6 Å². The zero-order valence-electron chi connectivity index (χ0n) is 15.0. The number of hydrogen-bond donors (Lipinski definition) is 3. The van der Waals surface area contributed by atoms with Crippen LogP contribution in [0.15, 0.2) is 34.2 Å². The fourth-order valence-corrected chi connectivity index (χ4v) is 2.43. The maximum absolute atomic E-state index is 11.6. The fraction of sp³-hybridized carbons (Fsp3) is 0.611. The average Bonchev–Trinajstić information content (AvgIpc) is 3.44. The first-order valence-corrected chi connectivity index (χ1v) is 9.16. The summed E-state index contributed by atoms with van der Waals surface area (Å²) in [5.41, 5.74) is 0.0363. The number of guanidine groups is 1. The summed E-state index contributed by atoms with van der Waals surface area (Å²) < 4.78 is 1.72. The lowest BCUT2D eigenvalue weighted by molar-refractivity contribution is -0.122. The van der Waals surface area contributed by atoms with Crippen LogP contribution in [0.25, 0.3) is 0 Å². The Hall–Kier alpha value is -2.31. The summed E-state index contributed by atoms with van der Waals surface area (Å²) in [6, 6.07) is 5.20. The van der Waals surface area contributed by atoms with Crippen molar-refractivity contribution < 1.29 is 4.79 Å². The largest absolute Gasteiger partial charge is 0.357 e. The summed E-state index contributed by atoms with van der Waals surface area (Å²) in [4.78, 5) is 27.7. The van der Waals surface area contributed by atoms with Gasteiger partial charge in [0, 0.05) is 50.9 Å². The van der Waals surface area contributed by atoms with Gasteiger partial charge in [-0.3, -0.25) is 14.6 Å². The van der Waals surface area contributed by atoms with Gasteiger partial charge in [-0.1, -0.05) is 6.07 Å². The van der Waals surface area contributed by atoms with Crippen LogP contribution in [-0.2, 0) is 11.3 Å². The maximum Gasteiger partial charge on any atom is 0.250 e. The molecule has 1 aromatic rings. The zero-order valence-corrected chi connectivity index (χ0v) is 15.0. The molecule has 1 fully saturated rings. The molecule has 7 nitrogen and oxygen atoms in total. The molecule has 0 unspecified atom stereocenters. The molecule has 3 N–H and O–H groups in total. The van der Waals surface area contributed by atoms with Gasteiger partial charge >= 0.3 is 0 Å². The van der Waals surface area contributed by atoms with E-state index in [1.165, 1.54) is 0 Å². The number of nitrogens with one attached hydrogen (secondary N) is 3. The highest BCUT2D eigenvalue weighted by atomic mass is 16.2. The molecule has 138 valence electrons. The number of aromatic nitrogens is 1. The number of unbranched alkanes of at least 4 members (excludes halogenated alkanes) is 1. The van der Waals surface area contributed by atoms with Crippen LogP contribution in [0.5, 0.6) is 0 Å². The minimum absolute atomic E-state index is 0.0363. The van der Waals surface area contributed by atoms with E-state index in [2.05, 4.69) is 20.9 Å². The molecule has 7 heteroatoms. The summed E-state index contributed by atoms with van der Waals surface area (Å²) >= 11 is 0. The number of rotatable bonds is 10. The smallest absolute Gasteiger partial charge is 0.250 e. The number of carbonyl (C=O) groups excluding carboxylic acids is 1. The van der Waals surface area contributed by atoms with Gasteiger partial charge in [0.05, 0.1) is 0 Å². The molecular formula is C18H29N5O2. The van der Waals surface area contributed by atoms with E-state index in [9.17, 15) is 9.59 Å². The van der Waals surface area contributed by atoms with E-state index in [-0.39, 0.29) is 17.4 Å². The SMILES string of the molecule is CCNC(=NCCCCn1ccccc1=O)NCCNC(=O)C1CC1. The van der Waals surface area contributed by atoms with Crippen LogP contribution >= 0.6 is 0 Å². The van der Waals surface area contributed by atoms with Crippen molar-refractivity contribution in [3.05, 3.63) is 34.7 Å². The fourth-order valence-electron chi connectivity index (χ4n) is 2.43. The molecule has 0 aromatic carbocycles. The van der Waals surface area contributed by atoms with Crippen LogP contribution in [0, 0.1) is 5.92 Å². The lowest BCUT2D eigenvalue weighted by Gasteiger charge is -2.12. The molecule has 1 aromatic heterocycles. The molecule has 2 rings (SSSR count). The molecule has 1 saturated carbocycles. The Balaban J connectivity index is 1.61. The van der Waals surface area contributed by atoms with E-state index in [0.29, 0.717) is 26.2 Å². The third kappa shape index (κ3) is 7.41. The number of hydrogen-bond acceptors (Lipinski definition) is 3. The van der Waals surface area contributed by atoms with Crippen molar-refractivity contribution >= 4 is 11.9 Å². The predicted octanol–water partition coefficient (Wildman–Crippen LogP) is 0.710. The zero-order chi connectivity index (χ0) is 17.9. The molecule has 0 bridgehead atoms. The number of aryl methyl sites for hydroxylation is 1. The van der Waals surface area contributed by atoms with Crippen molar-refractivity contribution in [3.63, 3.8) is 0 Å². The van der Waals surface area contributed by atoms with Crippen LogP contribution in [0.2, 0.25) is 0 Å². The normalized spacial score (nSPS) is 14.2. The minimum atomic E-state index is 0.0363. The van der Waals surface area contributed by atoms with Gasteiger partial charge in [0.15, 0.2) is 5.96 Å². The Labute approximate surface area is 148 Å². The second kappa shape index (κ2) is 10.5. The lowest BCUT2D eigenvalue weighted by Crippen LogP contribution is -2.41. The average molecular weight is 347 g/mol. The summed E-state index contributed by atoms with van der Waals surface area (Å²) in [7, 11) is 0. The maximum atomic E-state index is 11.6. The van der Waals surface area contributed by atoms with Crippen molar-refractivity contribution in [2.24, 2.45) is 10.9 Å². The molecule has 1 amide bonds. The van der Waals surface area contributed by atoms with Crippen LogP contribution in [0.1, 0.15) is 32.6 Å². The first-order chi connectivity index (χ1) is 12.2. The van der Waals surface area contributed by atoms with Gasteiger partial charge in [-0.15, -0.1) is 0 Å². The van der Waals surface area contributed by atoms with E-state index in [0.717, 1.165) is 38.2 Å². The Morgan fingerprint density at radius 2 is 2.00 bits per heavy atom. The van der Waals surface area contributed by atoms with Gasteiger partial charge in [0.25, 0.3) is 0 Å². The van der Waals surface area contributed by atoms with Crippen molar-refractivity contribution in [2.45, 2.75) is 39.2 Å². The molecule has 1 aliphatic carbocycles. The minimum Gasteiger partial charge on any atom is -0.357 e. The molecule has 0 spiro atoms. The Morgan fingerprint density at radius 3 is 2.72 bits per heavy atom. The first kappa shape index (κ1) is 19.0. The quantitative estimate of drug-likeness (QED) is 0.330. The highest BCUT2D eigenvalue weighted by Crippen LogP contribution is 2.28. The van der Waals surface area contributed by atoms with Gasteiger partial charge in [-0.05, 0) is 38.7 Å². The molecule has 0 radical (unpaired) electrons. The summed E-state index contributed by atoms with van der Waals surface area (Å²) in [6.07, 6.45) is 5.69. The molecular weight excluding hydrogens is 318 g/mol. The standard InChI is InChI=1S/C18H29N5O2/c1-2-19-18(22-12-11-20-17(25)15-8-9-15)21-10-4-6-14-23-13-5-3-7-16(23)24/h3,5,7,13,15H,2,4,6,8-12,14H2,1H3,(H,20,25)(H2,19,21,22). The van der Waals surface area contributed by atoms with Crippen molar-refractivity contribution in [2.75, 3.05) is 26.2 Å². The number of amides is 1. The van der Waals surface area contributed by atoms with Gasteiger partial charge in [-0.2, -0.15) is 0 Å². The molecule has 0 saturated heterocycles. The Bertz CT molecular complexity index is 622. The number of pyridine rings is 1. The number of carbonyl (C=O) groups is 1. The van der Waals surface area contributed by atoms with E-state index < -0.39 is 0 Å². The molecule has 25 heavy (non-hydrogen) atoms. The number of aliphatic imine (C=N–C) groups is 1. The van der Waals surface area contributed by atoms with Gasteiger partial charge in [0.1, 0.15) is 0 Å². The number of nitrogens with zero attached hydrogens (tertiary/aromatic N) is 2. The lowest BCUT2D eigenvalue weighted by atomic mass is 10.3. The van der Waals surface area contributed by atoms with Gasteiger partial charge < -0.3 is 20.5 Å². The molecule has 1 aliphatic rings. The topological polar surface area (TPSA) is 87.5 Å². The summed E-state index contributed by atoms with van der Waals surface area (Å²) in [5, 5.41) is 9.34. The third-order valence-corrected chi connectivity index (χ3v) is 3.99. The first-order valence-electron chi connectivity index (χ1n) is 9.16. The predicted molar refractivity (Wildman–Crippen MR) is 99.7 cm³/mol. The molecule has 1 heterocycles. The van der Waals surface area contributed by atoms with Crippen LogP contribution < -0.4 is 21.5 Å². The Morgan fingerprint density at radius 1 is 1.20 bits per heavy atom. The summed E-state index contributed by atoms with van der Waals surface area (Å²) in [6.45, 7) is 5.49. The van der Waals surface area contributed by atoms with E-state index >= 15 is 0 Å². The van der Waals surface area contributed by atoms with Gasteiger partial charge in [0.2, 0.25) is 11.5 Å². The monoisotopic (exact) mass is 347 g/mol. The van der Waals surface area contributed by atoms with Crippen molar-refractivity contribution in [1.29, 1.82) is 0 Å². The third-order valence-electron chi connectivity index (χ3n) is 3.99. The Kier molecular flexibility index (Phi) is 8.01. The van der Waals surface area contributed by atoms with E-state index in [1.807, 2.05) is 19.2 Å². The highest BCUT2D eigenvalue weighted by Gasteiger charge is 2.28. The summed E-state index contributed by atoms with van der Waals surface area (Å²) in [5.74, 6) is 1.18. The molecule has 0 atom stereocenters. The van der Waals surface area contributed by atoms with Crippen molar-refractivity contribution in [1.82, 2.24) is 20.5 Å². The van der Waals surface area contributed by atoms with Crippen LogP contribution in [0.3, 0.4) is 0 Å². The van der Waals surface area contributed by atoms with Crippen molar-refractivity contribution in [3.8, 4) is 0 Å². The molecule has 0 aliphatic heterocycles. The highest BCUT2D eigenvalue weighted by molar-refractivity contribution is 5.81. The second-order valence-corrected chi connectivity index (χ2v) is 6.19. The van der Waals surface area contributed by atoms with Crippen LogP contribution in [0.4, 0.5) is 0 Å².